The van der Waals surface area contributed by atoms with Crippen molar-refractivity contribution in [3.8, 4) is 0 Å². The molecule has 0 radical (unpaired) electrons. The molecule has 0 saturated carbocycles. The van der Waals surface area contributed by atoms with Gasteiger partial charge in [0.15, 0.2) is 0 Å². The van der Waals surface area contributed by atoms with E-state index >= 15 is 0 Å². The van der Waals surface area contributed by atoms with Crippen molar-refractivity contribution >= 4 is 16.8 Å². The first-order chi connectivity index (χ1) is 6.77. The van der Waals surface area contributed by atoms with Crippen LogP contribution in [-0.4, -0.2) is 57.7 Å². The van der Waals surface area contributed by atoms with E-state index < -0.39 is 10.8 Å². The summed E-state index contributed by atoms with van der Waals surface area (Å²) < 4.78 is 11.1. The highest BCUT2D eigenvalue weighted by atomic mass is 32.2. The Labute approximate surface area is 86.7 Å². The van der Waals surface area contributed by atoms with Crippen molar-refractivity contribution in [2.45, 2.75) is 12.8 Å². The van der Waals surface area contributed by atoms with Gasteiger partial charge in [-0.2, -0.15) is 0 Å². The van der Waals surface area contributed by atoms with Crippen LogP contribution in [-0.2, 0) is 10.8 Å². The van der Waals surface area contributed by atoms with Crippen LogP contribution in [0, 0.1) is 0 Å². The Kier molecular flexibility index (Phi) is 3.05. The molecule has 0 aliphatic carbocycles. The second-order valence-electron chi connectivity index (χ2n) is 3.81. The van der Waals surface area contributed by atoms with Crippen molar-refractivity contribution in [1.82, 2.24) is 9.80 Å². The number of likely N-dealkylation sites (tertiary alicyclic amines) is 1. The van der Waals surface area contributed by atoms with Crippen LogP contribution in [0.5, 0.6) is 0 Å². The van der Waals surface area contributed by atoms with Crippen molar-refractivity contribution in [1.29, 1.82) is 0 Å². The van der Waals surface area contributed by atoms with Crippen molar-refractivity contribution in [2.75, 3.05) is 37.7 Å². The van der Waals surface area contributed by atoms with Crippen molar-refractivity contribution in [3.05, 3.63) is 0 Å². The zero-order valence-electron chi connectivity index (χ0n) is 8.28. The normalized spacial score (nSPS) is 24.3. The fourth-order valence-corrected chi connectivity index (χ4v) is 2.99. The molecule has 0 aromatic carbocycles. The van der Waals surface area contributed by atoms with Gasteiger partial charge in [-0.25, -0.2) is 4.79 Å². The molecule has 2 rings (SSSR count). The molecule has 2 aliphatic rings. The molecule has 0 unspecified atom stereocenters. The minimum atomic E-state index is -0.691. The van der Waals surface area contributed by atoms with Gasteiger partial charge in [0.1, 0.15) is 0 Å². The molecule has 0 atom stereocenters. The van der Waals surface area contributed by atoms with Gasteiger partial charge in [0.2, 0.25) is 0 Å². The van der Waals surface area contributed by atoms with Gasteiger partial charge in [0, 0.05) is 48.5 Å². The van der Waals surface area contributed by atoms with E-state index in [2.05, 4.69) is 0 Å². The van der Waals surface area contributed by atoms with Crippen LogP contribution in [0.2, 0.25) is 0 Å². The van der Waals surface area contributed by atoms with Gasteiger partial charge in [-0.15, -0.1) is 0 Å². The molecule has 2 aliphatic heterocycles. The maximum atomic E-state index is 11.9. The van der Waals surface area contributed by atoms with Gasteiger partial charge in [-0.05, 0) is 12.8 Å². The van der Waals surface area contributed by atoms with E-state index in [0.717, 1.165) is 25.9 Å². The van der Waals surface area contributed by atoms with E-state index in [1.807, 2.05) is 9.80 Å². The van der Waals surface area contributed by atoms with E-state index in [0.29, 0.717) is 24.6 Å². The van der Waals surface area contributed by atoms with Gasteiger partial charge < -0.3 is 9.80 Å². The molecule has 0 bridgehead atoms. The highest BCUT2D eigenvalue weighted by Gasteiger charge is 2.26. The summed E-state index contributed by atoms with van der Waals surface area (Å²) in [6.07, 6.45) is 2.26. The molecule has 14 heavy (non-hydrogen) atoms. The average Bonchev–Trinajstić information content (AvgIpc) is 2.71. The fraction of sp³-hybridized carbons (Fsp3) is 0.889. The van der Waals surface area contributed by atoms with E-state index in [1.54, 1.807) is 0 Å². The monoisotopic (exact) mass is 216 g/mol. The summed E-state index contributed by atoms with van der Waals surface area (Å²) >= 11 is 0. The third-order valence-corrected chi connectivity index (χ3v) is 4.10. The van der Waals surface area contributed by atoms with E-state index in [-0.39, 0.29) is 6.03 Å². The lowest BCUT2D eigenvalue weighted by Crippen LogP contribution is -2.47. The van der Waals surface area contributed by atoms with Crippen molar-refractivity contribution in [3.63, 3.8) is 0 Å². The van der Waals surface area contributed by atoms with Crippen molar-refractivity contribution < 1.29 is 9.00 Å². The van der Waals surface area contributed by atoms with Crippen LogP contribution < -0.4 is 0 Å². The Bertz CT molecular complexity index is 241. The van der Waals surface area contributed by atoms with Gasteiger partial charge in [-0.3, -0.25) is 4.21 Å². The number of hydrogen-bond donors (Lipinski definition) is 0. The maximum Gasteiger partial charge on any atom is 0.320 e. The minimum Gasteiger partial charge on any atom is -0.325 e. The molecule has 2 amide bonds. The van der Waals surface area contributed by atoms with Gasteiger partial charge in [0.25, 0.3) is 0 Å². The SMILES string of the molecule is O=C(N1CCCC1)N1CCS(=O)CC1. The van der Waals surface area contributed by atoms with Gasteiger partial charge in [0.05, 0.1) is 0 Å². The van der Waals surface area contributed by atoms with Crippen LogP contribution in [0.4, 0.5) is 4.79 Å². The third-order valence-electron chi connectivity index (χ3n) is 2.82. The lowest BCUT2D eigenvalue weighted by molar-refractivity contribution is 0.167. The Morgan fingerprint density at radius 3 is 2.00 bits per heavy atom. The van der Waals surface area contributed by atoms with E-state index in [4.69, 9.17) is 0 Å². The quantitative estimate of drug-likeness (QED) is 0.583. The number of rotatable bonds is 0. The molecule has 0 aromatic rings. The maximum absolute atomic E-state index is 11.9. The zero-order chi connectivity index (χ0) is 9.97. The topological polar surface area (TPSA) is 40.6 Å². The number of amides is 2. The van der Waals surface area contributed by atoms with Crippen LogP contribution in [0.3, 0.4) is 0 Å². The summed E-state index contributed by atoms with van der Waals surface area (Å²) in [5.74, 6) is 1.30. The summed E-state index contributed by atoms with van der Waals surface area (Å²) in [5.41, 5.74) is 0. The fourth-order valence-electron chi connectivity index (χ4n) is 1.94. The number of carbonyl (C=O) groups excluding carboxylic acids is 1. The summed E-state index contributed by atoms with van der Waals surface area (Å²) in [7, 11) is -0.691. The van der Waals surface area contributed by atoms with Crippen LogP contribution in [0.15, 0.2) is 0 Å². The van der Waals surface area contributed by atoms with E-state index in [9.17, 15) is 9.00 Å². The first kappa shape index (κ1) is 9.96. The first-order valence-electron chi connectivity index (χ1n) is 5.16. The molecule has 5 heteroatoms. The third kappa shape index (κ3) is 2.08. The number of nitrogens with zero attached hydrogens (tertiary/aromatic N) is 2. The average molecular weight is 216 g/mol. The predicted octanol–water partition coefficient (Wildman–Crippen LogP) is 0.267. The van der Waals surface area contributed by atoms with Crippen LogP contribution >= 0.6 is 0 Å². The Morgan fingerprint density at radius 2 is 1.43 bits per heavy atom. The summed E-state index contributed by atoms with van der Waals surface area (Å²) in [6.45, 7) is 3.14. The van der Waals surface area contributed by atoms with Gasteiger partial charge in [-0.1, -0.05) is 0 Å². The van der Waals surface area contributed by atoms with Crippen LogP contribution in [0.1, 0.15) is 12.8 Å². The molecule has 2 heterocycles. The van der Waals surface area contributed by atoms with Gasteiger partial charge >= 0.3 is 6.03 Å². The zero-order valence-corrected chi connectivity index (χ0v) is 9.09. The standard InChI is InChI=1S/C9H16N2O2S/c12-9(10-3-1-2-4-10)11-5-7-14(13)8-6-11/h1-8H2. The molecular formula is C9H16N2O2S. The molecule has 0 aromatic heterocycles. The summed E-state index contributed by atoms with van der Waals surface area (Å²) in [5, 5.41) is 0. The molecule has 4 nitrogen and oxygen atoms in total. The largest absolute Gasteiger partial charge is 0.325 e. The molecule has 2 saturated heterocycles. The molecule has 0 spiro atoms. The Morgan fingerprint density at radius 1 is 0.929 bits per heavy atom. The predicted molar refractivity (Wildman–Crippen MR) is 55.7 cm³/mol. The first-order valence-corrected chi connectivity index (χ1v) is 6.65. The number of carbonyl (C=O) groups is 1. The Balaban J connectivity index is 1.88. The Hall–Kier alpha value is -0.580. The lowest BCUT2D eigenvalue weighted by atomic mass is 10.4. The number of hydrogen-bond acceptors (Lipinski definition) is 2. The molecule has 0 N–H and O–H groups in total. The second kappa shape index (κ2) is 4.29. The van der Waals surface area contributed by atoms with Crippen LogP contribution in [0.25, 0.3) is 0 Å². The summed E-state index contributed by atoms with van der Waals surface area (Å²) in [6, 6.07) is 0.152. The molecule has 2 fully saturated rings. The highest BCUT2D eigenvalue weighted by Crippen LogP contribution is 2.12. The molecular weight excluding hydrogens is 200 g/mol. The van der Waals surface area contributed by atoms with Crippen molar-refractivity contribution in [2.24, 2.45) is 0 Å². The number of urea groups is 1. The van der Waals surface area contributed by atoms with E-state index in [1.165, 1.54) is 0 Å². The lowest BCUT2D eigenvalue weighted by Gasteiger charge is -2.30. The minimum absolute atomic E-state index is 0.152. The second-order valence-corrected chi connectivity index (χ2v) is 5.51. The summed E-state index contributed by atoms with van der Waals surface area (Å²) in [4.78, 5) is 15.6. The highest BCUT2D eigenvalue weighted by molar-refractivity contribution is 7.85. The molecule has 80 valence electrons. The smallest absolute Gasteiger partial charge is 0.320 e.